The molecule has 0 aliphatic heterocycles. The van der Waals surface area contributed by atoms with Crippen molar-refractivity contribution in [1.82, 2.24) is 9.38 Å². The minimum Gasteiger partial charge on any atom is -0.485 e. The molecule has 0 saturated carbocycles. The molecule has 4 heteroatoms. The van der Waals surface area contributed by atoms with Crippen LogP contribution in [0.25, 0.3) is 5.65 Å². The molecule has 3 rings (SSSR count). The van der Waals surface area contributed by atoms with Crippen LogP contribution in [-0.2, 0) is 6.61 Å². The van der Waals surface area contributed by atoms with Crippen LogP contribution in [0.2, 0.25) is 0 Å². The van der Waals surface area contributed by atoms with E-state index in [0.29, 0.717) is 12.2 Å². The van der Waals surface area contributed by atoms with E-state index in [1.54, 1.807) is 18.3 Å². The van der Waals surface area contributed by atoms with E-state index < -0.39 is 0 Å². The van der Waals surface area contributed by atoms with Crippen molar-refractivity contribution in [3.63, 3.8) is 0 Å². The maximum absolute atomic E-state index is 8.74. The van der Waals surface area contributed by atoms with Crippen molar-refractivity contribution < 1.29 is 4.74 Å². The Balaban J connectivity index is 1.78. The molecule has 0 N–H and O–H groups in total. The maximum atomic E-state index is 8.74. The second-order valence-corrected chi connectivity index (χ2v) is 4.13. The van der Waals surface area contributed by atoms with Crippen LogP contribution in [0.4, 0.5) is 0 Å². The van der Waals surface area contributed by atoms with Gasteiger partial charge in [-0.15, -0.1) is 0 Å². The lowest BCUT2D eigenvalue weighted by Crippen LogP contribution is -1.97. The second kappa shape index (κ2) is 4.83. The van der Waals surface area contributed by atoms with E-state index in [9.17, 15) is 0 Å². The van der Waals surface area contributed by atoms with Gasteiger partial charge in [-0.05, 0) is 29.8 Å². The number of aromatic nitrogens is 2. The van der Waals surface area contributed by atoms with E-state index in [1.807, 2.05) is 41.1 Å². The molecule has 0 radical (unpaired) electrons. The lowest BCUT2D eigenvalue weighted by atomic mass is 10.2. The smallest absolute Gasteiger partial charge is 0.179 e. The summed E-state index contributed by atoms with van der Waals surface area (Å²) in [6.07, 6.45) is 5.55. The van der Waals surface area contributed by atoms with Gasteiger partial charge in [-0.2, -0.15) is 5.26 Å². The topological polar surface area (TPSA) is 50.3 Å². The third-order valence-corrected chi connectivity index (χ3v) is 2.86. The number of nitrogens with zero attached hydrogens (tertiary/aromatic N) is 3. The van der Waals surface area contributed by atoms with Gasteiger partial charge in [-0.3, -0.25) is 0 Å². The highest BCUT2D eigenvalue weighted by atomic mass is 16.5. The average molecular weight is 249 g/mol. The van der Waals surface area contributed by atoms with E-state index in [2.05, 4.69) is 11.1 Å². The molecule has 0 atom stereocenters. The number of hydrogen-bond donors (Lipinski definition) is 0. The van der Waals surface area contributed by atoms with Gasteiger partial charge in [0.15, 0.2) is 11.4 Å². The molecule has 0 saturated heterocycles. The molecule has 0 aliphatic rings. The normalized spacial score (nSPS) is 10.3. The maximum Gasteiger partial charge on any atom is 0.179 e. The number of nitriles is 1. The fraction of sp³-hybridized carbons (Fsp3) is 0.0667. The summed E-state index contributed by atoms with van der Waals surface area (Å²) in [7, 11) is 0. The molecule has 0 amide bonds. The molecule has 0 fully saturated rings. The van der Waals surface area contributed by atoms with Crippen LogP contribution < -0.4 is 4.74 Å². The summed E-state index contributed by atoms with van der Waals surface area (Å²) in [4.78, 5) is 4.25. The number of pyridine rings is 1. The molecular formula is C15H11N3O. The summed E-state index contributed by atoms with van der Waals surface area (Å²) in [5.41, 5.74) is 2.47. The molecule has 19 heavy (non-hydrogen) atoms. The molecule has 0 aliphatic carbocycles. The lowest BCUT2D eigenvalue weighted by molar-refractivity contribution is 0.308. The minimum atomic E-state index is 0.457. The van der Waals surface area contributed by atoms with Crippen molar-refractivity contribution in [3.8, 4) is 11.8 Å². The number of ether oxygens (including phenoxy) is 1. The number of hydrogen-bond acceptors (Lipinski definition) is 3. The monoisotopic (exact) mass is 249 g/mol. The van der Waals surface area contributed by atoms with E-state index in [4.69, 9.17) is 10.00 Å². The zero-order valence-electron chi connectivity index (χ0n) is 10.2. The van der Waals surface area contributed by atoms with Crippen molar-refractivity contribution in [2.45, 2.75) is 6.61 Å². The van der Waals surface area contributed by atoms with Crippen LogP contribution >= 0.6 is 0 Å². The Hall–Kier alpha value is -2.80. The van der Waals surface area contributed by atoms with Gasteiger partial charge in [0.05, 0.1) is 11.6 Å². The summed E-state index contributed by atoms with van der Waals surface area (Å²) < 4.78 is 7.68. The first-order valence-electron chi connectivity index (χ1n) is 5.90. The van der Waals surface area contributed by atoms with E-state index in [0.717, 1.165) is 17.0 Å². The zero-order valence-corrected chi connectivity index (χ0v) is 10.2. The van der Waals surface area contributed by atoms with Gasteiger partial charge in [0, 0.05) is 18.6 Å². The summed E-state index contributed by atoms with van der Waals surface area (Å²) in [5.74, 6) is 0.747. The molecule has 2 heterocycles. The summed E-state index contributed by atoms with van der Waals surface area (Å²) >= 11 is 0. The van der Waals surface area contributed by atoms with Crippen molar-refractivity contribution in [2.75, 3.05) is 0 Å². The van der Waals surface area contributed by atoms with Crippen LogP contribution in [0.15, 0.2) is 55.0 Å². The first-order chi connectivity index (χ1) is 9.36. The Morgan fingerprint density at radius 3 is 2.79 bits per heavy atom. The van der Waals surface area contributed by atoms with Gasteiger partial charge in [0.1, 0.15) is 6.61 Å². The van der Waals surface area contributed by atoms with Crippen LogP contribution in [0.5, 0.6) is 5.75 Å². The zero-order chi connectivity index (χ0) is 13.1. The van der Waals surface area contributed by atoms with Crippen LogP contribution in [0.1, 0.15) is 11.1 Å². The third-order valence-electron chi connectivity index (χ3n) is 2.86. The van der Waals surface area contributed by atoms with Gasteiger partial charge >= 0.3 is 0 Å². The fourth-order valence-electron chi connectivity index (χ4n) is 1.87. The van der Waals surface area contributed by atoms with Gasteiger partial charge in [-0.1, -0.05) is 12.1 Å². The first-order valence-corrected chi connectivity index (χ1v) is 5.90. The highest BCUT2D eigenvalue weighted by Crippen LogP contribution is 2.18. The third kappa shape index (κ3) is 2.26. The molecule has 0 bridgehead atoms. The number of rotatable bonds is 3. The largest absolute Gasteiger partial charge is 0.485 e. The predicted octanol–water partition coefficient (Wildman–Crippen LogP) is 2.78. The van der Waals surface area contributed by atoms with Crippen LogP contribution in [0.3, 0.4) is 0 Å². The van der Waals surface area contributed by atoms with Crippen LogP contribution in [-0.4, -0.2) is 9.38 Å². The molecule has 4 nitrogen and oxygen atoms in total. The highest BCUT2D eigenvalue weighted by Gasteiger charge is 2.03. The molecule has 0 spiro atoms. The number of fused-ring (bicyclic) bond motifs is 1. The Morgan fingerprint density at radius 1 is 1.16 bits per heavy atom. The van der Waals surface area contributed by atoms with Gasteiger partial charge < -0.3 is 9.14 Å². The van der Waals surface area contributed by atoms with Crippen molar-refractivity contribution in [1.29, 1.82) is 5.26 Å². The molecule has 2 aromatic heterocycles. The fourth-order valence-corrected chi connectivity index (χ4v) is 1.87. The van der Waals surface area contributed by atoms with Crippen LogP contribution in [0, 0.1) is 11.3 Å². The van der Waals surface area contributed by atoms with Gasteiger partial charge in [-0.25, -0.2) is 4.98 Å². The molecule has 0 unspecified atom stereocenters. The molecule has 92 valence electrons. The molecular weight excluding hydrogens is 238 g/mol. The van der Waals surface area contributed by atoms with E-state index in [1.165, 1.54) is 0 Å². The van der Waals surface area contributed by atoms with Gasteiger partial charge in [0.2, 0.25) is 0 Å². The van der Waals surface area contributed by atoms with E-state index >= 15 is 0 Å². The Labute approximate surface area is 110 Å². The predicted molar refractivity (Wildman–Crippen MR) is 70.7 cm³/mol. The Bertz CT molecular complexity index is 738. The van der Waals surface area contributed by atoms with Crippen molar-refractivity contribution >= 4 is 5.65 Å². The standard InChI is InChI=1S/C15H11N3O/c16-10-12-3-5-13(6-4-12)11-19-14-2-1-8-18-9-7-17-15(14)18/h1-9H,11H2. The van der Waals surface area contributed by atoms with E-state index in [-0.39, 0.29) is 0 Å². The number of benzene rings is 1. The summed E-state index contributed by atoms with van der Waals surface area (Å²) in [6, 6.07) is 13.3. The Kier molecular flexibility index (Phi) is 2.87. The quantitative estimate of drug-likeness (QED) is 0.717. The first kappa shape index (κ1) is 11.3. The summed E-state index contributed by atoms with van der Waals surface area (Å²) in [6.45, 7) is 0.457. The average Bonchev–Trinajstić information content (AvgIpc) is 2.94. The highest BCUT2D eigenvalue weighted by molar-refractivity contribution is 5.53. The SMILES string of the molecule is N#Cc1ccc(COc2cccn3ccnc23)cc1. The number of imidazole rings is 1. The molecule has 1 aromatic carbocycles. The van der Waals surface area contributed by atoms with Gasteiger partial charge in [0.25, 0.3) is 0 Å². The lowest BCUT2D eigenvalue weighted by Gasteiger charge is -2.07. The summed E-state index contributed by atoms with van der Waals surface area (Å²) in [5, 5.41) is 8.74. The van der Waals surface area contributed by atoms with Crippen molar-refractivity contribution in [3.05, 3.63) is 66.1 Å². The Morgan fingerprint density at radius 2 is 2.00 bits per heavy atom. The minimum absolute atomic E-state index is 0.457. The van der Waals surface area contributed by atoms with Crippen molar-refractivity contribution in [2.24, 2.45) is 0 Å². The second-order valence-electron chi connectivity index (χ2n) is 4.13. The molecule has 3 aromatic rings.